The molecule has 0 aliphatic heterocycles. The van der Waals surface area contributed by atoms with E-state index in [9.17, 15) is 0 Å². The fraction of sp³-hybridized carbons (Fsp3) is 0.444. The molecule has 0 spiro atoms. The second-order valence-corrected chi connectivity index (χ2v) is 4.50. The van der Waals surface area contributed by atoms with Gasteiger partial charge in [0.2, 0.25) is 0 Å². The maximum Gasteiger partial charge on any atom is -0.00672 e. The van der Waals surface area contributed by atoms with E-state index >= 15 is 0 Å². The lowest BCUT2D eigenvalue weighted by atomic mass is 9.97. The molecule has 0 aliphatic carbocycles. The van der Waals surface area contributed by atoms with Crippen molar-refractivity contribution in [1.29, 1.82) is 0 Å². The minimum Gasteiger partial charge on any atom is -0.103 e. The van der Waals surface area contributed by atoms with Crippen LogP contribution in [0.15, 0.2) is 42.5 Å². The van der Waals surface area contributed by atoms with Gasteiger partial charge in [-0.05, 0) is 56.7 Å². The number of hydrogen-bond donors (Lipinski definition) is 0. The topological polar surface area (TPSA) is 0 Å². The Labute approximate surface area is 113 Å². The summed E-state index contributed by atoms with van der Waals surface area (Å²) in [7, 11) is 0. The zero-order valence-corrected chi connectivity index (χ0v) is 12.7. The predicted molar refractivity (Wildman–Crippen MR) is 84.2 cm³/mol. The van der Waals surface area contributed by atoms with Crippen molar-refractivity contribution in [2.45, 2.75) is 53.9 Å². The van der Waals surface area contributed by atoms with E-state index in [4.69, 9.17) is 0 Å². The molecule has 0 unspecified atom stereocenters. The highest BCUT2D eigenvalue weighted by atomic mass is 14.1. The van der Waals surface area contributed by atoms with Gasteiger partial charge >= 0.3 is 0 Å². The molecule has 1 aromatic carbocycles. The summed E-state index contributed by atoms with van der Waals surface area (Å²) >= 11 is 0. The Bertz CT molecular complexity index is 383. The van der Waals surface area contributed by atoms with Crippen LogP contribution in [0.2, 0.25) is 0 Å². The van der Waals surface area contributed by atoms with Crippen molar-refractivity contribution < 1.29 is 0 Å². The van der Waals surface area contributed by atoms with Gasteiger partial charge in [0, 0.05) is 0 Å². The summed E-state index contributed by atoms with van der Waals surface area (Å²) in [6, 6.07) is 6.86. The molecule has 0 aromatic heterocycles. The largest absolute Gasteiger partial charge is 0.103 e. The van der Waals surface area contributed by atoms with E-state index in [1.807, 2.05) is 6.92 Å². The van der Waals surface area contributed by atoms with E-state index in [2.05, 4.69) is 58.5 Å². The maximum absolute atomic E-state index is 3.36. The molecular formula is C18H28. The lowest BCUT2D eigenvalue weighted by Gasteiger charge is -2.08. The Morgan fingerprint density at radius 3 is 2.28 bits per heavy atom. The van der Waals surface area contributed by atoms with Gasteiger partial charge in [-0.1, -0.05) is 49.8 Å². The summed E-state index contributed by atoms with van der Waals surface area (Å²) in [6.45, 7) is 14.0. The highest BCUT2D eigenvalue weighted by Crippen LogP contribution is 2.16. The second-order valence-electron chi connectivity index (χ2n) is 4.50. The standard InChI is InChI=1S/C15H22.C3H6/c1-5-13(6-2)10-14-9-8-12(4)15(7-3)11-14;1-3-2/h5,8-9,11H,6-7,10H2,1-4H3;3H,1H2,2H3/b13-5+;. The monoisotopic (exact) mass is 244 g/mol. The highest BCUT2D eigenvalue weighted by Gasteiger charge is 2.00. The van der Waals surface area contributed by atoms with Crippen LogP contribution >= 0.6 is 0 Å². The Balaban J connectivity index is 0.000000873. The van der Waals surface area contributed by atoms with E-state index in [-0.39, 0.29) is 0 Å². The third-order valence-corrected chi connectivity index (χ3v) is 3.09. The van der Waals surface area contributed by atoms with Gasteiger partial charge in [-0.3, -0.25) is 0 Å². The molecule has 0 aliphatic rings. The molecule has 0 radical (unpaired) electrons. The van der Waals surface area contributed by atoms with Gasteiger partial charge in [0.05, 0.1) is 0 Å². The van der Waals surface area contributed by atoms with E-state index in [1.165, 1.54) is 22.3 Å². The van der Waals surface area contributed by atoms with Crippen LogP contribution in [0.1, 0.15) is 50.8 Å². The first-order chi connectivity index (χ1) is 8.62. The van der Waals surface area contributed by atoms with E-state index in [0.717, 1.165) is 19.3 Å². The van der Waals surface area contributed by atoms with E-state index < -0.39 is 0 Å². The molecular weight excluding hydrogens is 216 g/mol. The Morgan fingerprint density at radius 1 is 1.22 bits per heavy atom. The summed E-state index contributed by atoms with van der Waals surface area (Å²) in [5, 5.41) is 0. The van der Waals surface area contributed by atoms with Crippen molar-refractivity contribution in [3.05, 3.63) is 59.2 Å². The van der Waals surface area contributed by atoms with Crippen LogP contribution in [0, 0.1) is 6.92 Å². The first-order valence-corrected chi connectivity index (χ1v) is 6.92. The number of benzene rings is 1. The fourth-order valence-electron chi connectivity index (χ4n) is 1.91. The number of hydrogen-bond acceptors (Lipinski definition) is 0. The van der Waals surface area contributed by atoms with Gasteiger partial charge in [-0.15, -0.1) is 6.58 Å². The summed E-state index contributed by atoms with van der Waals surface area (Å²) in [6.07, 6.45) is 7.40. The predicted octanol–water partition coefficient (Wildman–Crippen LogP) is 5.65. The average Bonchev–Trinajstić information content (AvgIpc) is 2.38. The van der Waals surface area contributed by atoms with Crippen molar-refractivity contribution in [3.63, 3.8) is 0 Å². The Morgan fingerprint density at radius 2 is 1.83 bits per heavy atom. The van der Waals surface area contributed by atoms with Crippen molar-refractivity contribution in [2.24, 2.45) is 0 Å². The summed E-state index contributed by atoms with van der Waals surface area (Å²) in [5.41, 5.74) is 5.88. The fourth-order valence-corrected chi connectivity index (χ4v) is 1.91. The summed E-state index contributed by atoms with van der Waals surface area (Å²) < 4.78 is 0. The van der Waals surface area contributed by atoms with Crippen LogP contribution in [0.25, 0.3) is 0 Å². The molecule has 0 bridgehead atoms. The molecule has 0 atom stereocenters. The van der Waals surface area contributed by atoms with Crippen molar-refractivity contribution in [3.8, 4) is 0 Å². The van der Waals surface area contributed by atoms with Crippen molar-refractivity contribution >= 4 is 0 Å². The number of allylic oxidation sites excluding steroid dienone is 3. The Hall–Kier alpha value is -1.30. The third kappa shape index (κ3) is 5.86. The molecule has 1 aromatic rings. The van der Waals surface area contributed by atoms with Gasteiger partial charge in [0.15, 0.2) is 0 Å². The number of rotatable bonds is 4. The van der Waals surface area contributed by atoms with Crippen LogP contribution < -0.4 is 0 Å². The lowest BCUT2D eigenvalue weighted by Crippen LogP contribution is -1.93. The molecule has 0 fully saturated rings. The van der Waals surface area contributed by atoms with Gasteiger partial charge in [-0.2, -0.15) is 0 Å². The molecule has 0 heteroatoms. The average molecular weight is 244 g/mol. The van der Waals surface area contributed by atoms with Gasteiger partial charge in [0.1, 0.15) is 0 Å². The zero-order valence-electron chi connectivity index (χ0n) is 12.7. The van der Waals surface area contributed by atoms with Gasteiger partial charge in [-0.25, -0.2) is 0 Å². The maximum atomic E-state index is 3.36. The molecule has 18 heavy (non-hydrogen) atoms. The molecule has 100 valence electrons. The molecule has 0 amide bonds. The zero-order chi connectivity index (χ0) is 14.0. The smallest absolute Gasteiger partial charge is 0.00672 e. The molecule has 0 saturated heterocycles. The van der Waals surface area contributed by atoms with Gasteiger partial charge < -0.3 is 0 Å². The second kappa shape index (κ2) is 9.70. The van der Waals surface area contributed by atoms with Crippen molar-refractivity contribution in [1.82, 2.24) is 0 Å². The number of aryl methyl sites for hydroxylation is 2. The first-order valence-electron chi connectivity index (χ1n) is 6.92. The highest BCUT2D eigenvalue weighted by molar-refractivity contribution is 5.33. The van der Waals surface area contributed by atoms with Crippen molar-refractivity contribution in [2.75, 3.05) is 0 Å². The third-order valence-electron chi connectivity index (χ3n) is 3.09. The molecule has 0 nitrogen and oxygen atoms in total. The SMILES string of the molecule is C/C=C(\CC)Cc1ccc(C)c(CC)c1.C=CC. The summed E-state index contributed by atoms with van der Waals surface area (Å²) in [4.78, 5) is 0. The quantitative estimate of drug-likeness (QED) is 0.600. The molecule has 1 rings (SSSR count). The van der Waals surface area contributed by atoms with E-state index in [1.54, 1.807) is 6.08 Å². The minimum atomic E-state index is 1.11. The van der Waals surface area contributed by atoms with E-state index in [0.29, 0.717) is 0 Å². The first kappa shape index (κ1) is 16.7. The Kier molecular flexibility index (Phi) is 9.00. The summed E-state index contributed by atoms with van der Waals surface area (Å²) in [5.74, 6) is 0. The van der Waals surface area contributed by atoms with Crippen LogP contribution in [0.5, 0.6) is 0 Å². The normalized spacial score (nSPS) is 10.6. The van der Waals surface area contributed by atoms with Crippen LogP contribution in [0.3, 0.4) is 0 Å². The minimum absolute atomic E-state index is 1.11. The van der Waals surface area contributed by atoms with Gasteiger partial charge in [0.25, 0.3) is 0 Å². The van der Waals surface area contributed by atoms with Crippen LogP contribution in [-0.4, -0.2) is 0 Å². The molecule has 0 N–H and O–H groups in total. The van der Waals surface area contributed by atoms with Crippen LogP contribution in [-0.2, 0) is 12.8 Å². The molecule has 0 saturated carbocycles. The lowest BCUT2D eigenvalue weighted by molar-refractivity contribution is 0.989. The van der Waals surface area contributed by atoms with Crippen LogP contribution in [0.4, 0.5) is 0 Å². The molecule has 0 heterocycles.